The van der Waals surface area contributed by atoms with E-state index >= 15 is 0 Å². The van der Waals surface area contributed by atoms with Gasteiger partial charge in [-0.25, -0.2) is 4.79 Å². The molecule has 0 saturated carbocycles. The molecular formula is C11H13BrN2O4. The van der Waals surface area contributed by atoms with Gasteiger partial charge < -0.3 is 20.9 Å². The van der Waals surface area contributed by atoms with Crippen LogP contribution in [0.4, 0.5) is 5.69 Å². The maximum Gasteiger partial charge on any atom is 0.330 e. The van der Waals surface area contributed by atoms with E-state index < -0.39 is 24.5 Å². The molecule has 7 heteroatoms. The molecule has 0 bridgehead atoms. The Hall–Kier alpha value is -1.60. The number of aliphatic hydroxyl groups excluding tert-OH is 1. The van der Waals surface area contributed by atoms with E-state index in [9.17, 15) is 9.59 Å². The van der Waals surface area contributed by atoms with E-state index in [1.165, 1.54) is 13.2 Å². The van der Waals surface area contributed by atoms with Crippen molar-refractivity contribution in [3.8, 4) is 0 Å². The zero-order valence-electron chi connectivity index (χ0n) is 9.64. The number of nitrogen functional groups attached to an aromatic ring is 1. The van der Waals surface area contributed by atoms with Crippen molar-refractivity contribution >= 4 is 33.5 Å². The average Bonchev–Trinajstić information content (AvgIpc) is 2.37. The summed E-state index contributed by atoms with van der Waals surface area (Å²) >= 11 is 3.19. The molecule has 0 spiro atoms. The molecule has 0 fully saturated rings. The molecule has 1 rings (SSSR count). The van der Waals surface area contributed by atoms with E-state index in [2.05, 4.69) is 26.0 Å². The number of carbonyl (C=O) groups excluding carboxylic acids is 2. The largest absolute Gasteiger partial charge is 0.467 e. The van der Waals surface area contributed by atoms with E-state index in [1.807, 2.05) is 0 Å². The molecule has 1 atom stereocenters. The number of amides is 1. The van der Waals surface area contributed by atoms with Gasteiger partial charge in [-0.1, -0.05) is 6.07 Å². The van der Waals surface area contributed by atoms with E-state index in [0.717, 1.165) is 0 Å². The van der Waals surface area contributed by atoms with Crippen molar-refractivity contribution in [2.45, 2.75) is 6.04 Å². The molecule has 18 heavy (non-hydrogen) atoms. The fraction of sp³-hybridized carbons (Fsp3) is 0.273. The summed E-state index contributed by atoms with van der Waals surface area (Å²) in [5, 5.41) is 11.3. The molecule has 0 aromatic heterocycles. The molecule has 0 aliphatic heterocycles. The molecule has 0 heterocycles. The minimum atomic E-state index is -1.11. The maximum absolute atomic E-state index is 11.9. The summed E-state index contributed by atoms with van der Waals surface area (Å²) in [7, 11) is 1.17. The van der Waals surface area contributed by atoms with Crippen LogP contribution < -0.4 is 11.1 Å². The Morgan fingerprint density at radius 3 is 2.78 bits per heavy atom. The Bertz CT molecular complexity index is 464. The third-order valence-corrected chi connectivity index (χ3v) is 2.96. The van der Waals surface area contributed by atoms with Crippen LogP contribution in [0, 0.1) is 0 Å². The molecule has 6 nitrogen and oxygen atoms in total. The van der Waals surface area contributed by atoms with E-state index in [1.54, 1.807) is 12.1 Å². The van der Waals surface area contributed by atoms with Crippen LogP contribution in [0.15, 0.2) is 22.7 Å². The molecule has 1 aromatic rings. The highest BCUT2D eigenvalue weighted by molar-refractivity contribution is 9.10. The molecular weight excluding hydrogens is 304 g/mol. The second-order valence-electron chi connectivity index (χ2n) is 3.43. The smallest absolute Gasteiger partial charge is 0.330 e. The van der Waals surface area contributed by atoms with Crippen LogP contribution >= 0.6 is 15.9 Å². The van der Waals surface area contributed by atoms with E-state index in [-0.39, 0.29) is 11.3 Å². The standard InChI is InChI=1S/C11H13BrN2O4/c1-18-11(17)8(5-15)14-10(16)6-3-2-4-7(12)9(6)13/h2-4,8,15H,5,13H2,1H3,(H,14,16)/t8-/m0/s1. The van der Waals surface area contributed by atoms with Gasteiger partial charge in [0.05, 0.1) is 25.0 Å². The zero-order chi connectivity index (χ0) is 13.7. The first-order chi connectivity index (χ1) is 8.51. The Balaban J connectivity index is 2.88. The summed E-state index contributed by atoms with van der Waals surface area (Å²) in [4.78, 5) is 23.1. The molecule has 1 aromatic carbocycles. The number of nitrogens with two attached hydrogens (primary N) is 1. The van der Waals surface area contributed by atoms with Gasteiger partial charge >= 0.3 is 5.97 Å². The lowest BCUT2D eigenvalue weighted by atomic mass is 10.1. The molecule has 98 valence electrons. The highest BCUT2D eigenvalue weighted by atomic mass is 79.9. The minimum absolute atomic E-state index is 0.215. The second-order valence-corrected chi connectivity index (χ2v) is 4.29. The number of ether oxygens (including phenoxy) is 1. The third-order valence-electron chi connectivity index (χ3n) is 2.27. The van der Waals surface area contributed by atoms with Crippen LogP contribution in [-0.4, -0.2) is 36.7 Å². The Morgan fingerprint density at radius 2 is 2.22 bits per heavy atom. The van der Waals surface area contributed by atoms with Crippen molar-refractivity contribution in [1.29, 1.82) is 0 Å². The maximum atomic E-state index is 11.9. The van der Waals surface area contributed by atoms with Crippen LogP contribution in [0.1, 0.15) is 10.4 Å². The van der Waals surface area contributed by atoms with Crippen molar-refractivity contribution < 1.29 is 19.4 Å². The van der Waals surface area contributed by atoms with Crippen LogP contribution in [0.2, 0.25) is 0 Å². The van der Waals surface area contributed by atoms with Crippen molar-refractivity contribution in [3.63, 3.8) is 0 Å². The molecule has 0 aliphatic rings. The number of para-hydroxylation sites is 1. The van der Waals surface area contributed by atoms with Crippen LogP contribution in [0.5, 0.6) is 0 Å². The third kappa shape index (κ3) is 3.21. The lowest BCUT2D eigenvalue weighted by Crippen LogP contribution is -2.44. The molecule has 0 saturated heterocycles. The van der Waals surface area contributed by atoms with Crippen molar-refractivity contribution in [1.82, 2.24) is 5.32 Å². The van der Waals surface area contributed by atoms with E-state index in [4.69, 9.17) is 10.8 Å². The van der Waals surface area contributed by atoms with Gasteiger partial charge in [0.15, 0.2) is 6.04 Å². The first kappa shape index (κ1) is 14.5. The van der Waals surface area contributed by atoms with E-state index in [0.29, 0.717) is 4.47 Å². The number of methoxy groups -OCH3 is 1. The van der Waals surface area contributed by atoms with Gasteiger partial charge in [0.2, 0.25) is 0 Å². The number of carbonyl (C=O) groups is 2. The summed E-state index contributed by atoms with van der Waals surface area (Å²) in [6, 6.07) is 3.74. The molecule has 4 N–H and O–H groups in total. The Morgan fingerprint density at radius 1 is 1.56 bits per heavy atom. The predicted octanol–water partition coefficient (Wildman–Crippen LogP) is 0.295. The Kier molecular flexibility index (Phi) is 5.11. The second kappa shape index (κ2) is 6.36. The first-order valence-electron chi connectivity index (χ1n) is 5.04. The van der Waals surface area contributed by atoms with Gasteiger partial charge in [-0.05, 0) is 28.1 Å². The number of hydrogen-bond donors (Lipinski definition) is 3. The van der Waals surface area contributed by atoms with Gasteiger partial charge in [-0.3, -0.25) is 4.79 Å². The number of rotatable bonds is 4. The predicted molar refractivity (Wildman–Crippen MR) is 68.9 cm³/mol. The number of benzene rings is 1. The fourth-order valence-electron chi connectivity index (χ4n) is 1.29. The number of esters is 1. The number of anilines is 1. The monoisotopic (exact) mass is 316 g/mol. The van der Waals surface area contributed by atoms with Crippen molar-refractivity contribution in [2.75, 3.05) is 19.5 Å². The number of hydrogen-bond acceptors (Lipinski definition) is 5. The topological polar surface area (TPSA) is 102 Å². The summed E-state index contributed by atoms with van der Waals surface area (Å²) in [6.07, 6.45) is 0. The normalized spacial score (nSPS) is 11.7. The SMILES string of the molecule is COC(=O)[C@H](CO)NC(=O)c1cccc(Br)c1N. The number of nitrogens with one attached hydrogen (secondary N) is 1. The van der Waals surface area contributed by atoms with Gasteiger partial charge in [-0.2, -0.15) is 0 Å². The summed E-state index contributed by atoms with van der Waals surface area (Å²) in [5.74, 6) is -1.28. The van der Waals surface area contributed by atoms with Crippen LogP contribution in [-0.2, 0) is 9.53 Å². The van der Waals surface area contributed by atoms with Crippen molar-refractivity contribution in [2.24, 2.45) is 0 Å². The molecule has 1 amide bonds. The quantitative estimate of drug-likeness (QED) is 0.547. The van der Waals surface area contributed by atoms with Gasteiger partial charge in [0, 0.05) is 4.47 Å². The minimum Gasteiger partial charge on any atom is -0.467 e. The van der Waals surface area contributed by atoms with Crippen LogP contribution in [0.25, 0.3) is 0 Å². The lowest BCUT2D eigenvalue weighted by Gasteiger charge is -2.14. The van der Waals surface area contributed by atoms with Crippen molar-refractivity contribution in [3.05, 3.63) is 28.2 Å². The average molecular weight is 317 g/mol. The Labute approximate surface area is 112 Å². The van der Waals surface area contributed by atoms with Crippen LogP contribution in [0.3, 0.4) is 0 Å². The number of halogens is 1. The van der Waals surface area contributed by atoms with Gasteiger partial charge in [0.1, 0.15) is 0 Å². The summed E-state index contributed by atoms with van der Waals surface area (Å²) in [5.41, 5.74) is 6.20. The number of aliphatic hydroxyl groups is 1. The molecule has 0 aliphatic carbocycles. The molecule has 0 radical (unpaired) electrons. The highest BCUT2D eigenvalue weighted by Crippen LogP contribution is 2.22. The summed E-state index contributed by atoms with van der Waals surface area (Å²) < 4.78 is 5.02. The zero-order valence-corrected chi connectivity index (χ0v) is 11.2. The summed E-state index contributed by atoms with van der Waals surface area (Å²) in [6.45, 7) is -0.549. The lowest BCUT2D eigenvalue weighted by molar-refractivity contribution is -0.143. The molecule has 0 unspecified atom stereocenters. The van der Waals surface area contributed by atoms with Gasteiger partial charge in [-0.15, -0.1) is 0 Å². The highest BCUT2D eigenvalue weighted by Gasteiger charge is 2.22. The van der Waals surface area contributed by atoms with Gasteiger partial charge in [0.25, 0.3) is 5.91 Å². The first-order valence-corrected chi connectivity index (χ1v) is 5.84. The fourth-order valence-corrected chi connectivity index (χ4v) is 1.66.